The van der Waals surface area contributed by atoms with Crippen LogP contribution in [0.2, 0.25) is 0 Å². The van der Waals surface area contributed by atoms with Crippen molar-refractivity contribution in [2.24, 2.45) is 0 Å². The van der Waals surface area contributed by atoms with Crippen LogP contribution in [0.3, 0.4) is 0 Å². The van der Waals surface area contributed by atoms with E-state index in [-0.39, 0.29) is 0 Å². The Morgan fingerprint density at radius 2 is 2.19 bits per heavy atom. The molecule has 0 saturated heterocycles. The van der Waals surface area contributed by atoms with Crippen LogP contribution in [0, 0.1) is 0 Å². The van der Waals surface area contributed by atoms with Gasteiger partial charge in [-0.2, -0.15) is 0 Å². The second-order valence-corrected chi connectivity index (χ2v) is 6.32. The van der Waals surface area contributed by atoms with Gasteiger partial charge in [-0.15, -0.1) is 11.3 Å². The van der Waals surface area contributed by atoms with Crippen LogP contribution in [0.25, 0.3) is 0 Å². The van der Waals surface area contributed by atoms with Gasteiger partial charge in [-0.05, 0) is 30.4 Å². The summed E-state index contributed by atoms with van der Waals surface area (Å²) in [5, 5.41) is 13.4. The number of fused-ring (bicyclic) bond motifs is 1. The molecular formula is C16H18N2O2S. The normalized spacial score (nSPS) is 16.7. The highest BCUT2D eigenvalue weighted by molar-refractivity contribution is 7.15. The summed E-state index contributed by atoms with van der Waals surface area (Å²) in [7, 11) is 0. The zero-order valence-corrected chi connectivity index (χ0v) is 12.7. The smallest absolute Gasteiger partial charge is 0.312 e. The first-order valence-corrected chi connectivity index (χ1v) is 8.03. The van der Waals surface area contributed by atoms with Gasteiger partial charge in [0.15, 0.2) is 5.13 Å². The van der Waals surface area contributed by atoms with Crippen molar-refractivity contribution in [1.29, 1.82) is 0 Å². The molecule has 0 radical (unpaired) electrons. The average Bonchev–Trinajstić information content (AvgIpc) is 3.04. The van der Waals surface area contributed by atoms with Gasteiger partial charge in [0.25, 0.3) is 0 Å². The monoisotopic (exact) mass is 302 g/mol. The SMILES string of the molecule is CCc1ccccc1CNc1nc2c(s1)CCC2C(=O)O. The van der Waals surface area contributed by atoms with E-state index in [2.05, 4.69) is 35.4 Å². The summed E-state index contributed by atoms with van der Waals surface area (Å²) in [5.41, 5.74) is 3.36. The summed E-state index contributed by atoms with van der Waals surface area (Å²) in [6.07, 6.45) is 2.52. The van der Waals surface area contributed by atoms with Gasteiger partial charge in [0, 0.05) is 11.4 Å². The van der Waals surface area contributed by atoms with E-state index in [0.717, 1.165) is 35.1 Å². The summed E-state index contributed by atoms with van der Waals surface area (Å²) < 4.78 is 0. The van der Waals surface area contributed by atoms with Crippen molar-refractivity contribution in [3.8, 4) is 0 Å². The Balaban J connectivity index is 1.72. The largest absolute Gasteiger partial charge is 0.481 e. The molecule has 1 aromatic heterocycles. The van der Waals surface area contributed by atoms with Crippen LogP contribution in [0.1, 0.15) is 41.0 Å². The average molecular weight is 302 g/mol. The first-order valence-electron chi connectivity index (χ1n) is 7.22. The number of carboxylic acid groups (broad SMARTS) is 1. The van der Waals surface area contributed by atoms with Crippen LogP contribution in [0.5, 0.6) is 0 Å². The van der Waals surface area contributed by atoms with Crippen molar-refractivity contribution >= 4 is 22.4 Å². The fourth-order valence-electron chi connectivity index (χ4n) is 2.79. The Bertz CT molecular complexity index is 666. The maximum Gasteiger partial charge on any atom is 0.312 e. The molecule has 4 nitrogen and oxygen atoms in total. The third-order valence-electron chi connectivity index (χ3n) is 3.95. The van der Waals surface area contributed by atoms with E-state index in [0.29, 0.717) is 6.42 Å². The summed E-state index contributed by atoms with van der Waals surface area (Å²) in [4.78, 5) is 16.8. The lowest BCUT2D eigenvalue weighted by Gasteiger charge is -2.08. The van der Waals surface area contributed by atoms with E-state index in [1.807, 2.05) is 6.07 Å². The first-order chi connectivity index (χ1) is 10.2. The Morgan fingerprint density at radius 3 is 2.90 bits per heavy atom. The molecule has 1 aliphatic carbocycles. The molecule has 3 rings (SSSR count). The van der Waals surface area contributed by atoms with E-state index in [9.17, 15) is 9.90 Å². The summed E-state index contributed by atoms with van der Waals surface area (Å²) >= 11 is 1.59. The van der Waals surface area contributed by atoms with Crippen LogP contribution >= 0.6 is 11.3 Å². The number of aliphatic carboxylic acids is 1. The number of carbonyl (C=O) groups is 1. The molecule has 1 aliphatic rings. The van der Waals surface area contributed by atoms with Gasteiger partial charge >= 0.3 is 5.97 Å². The van der Waals surface area contributed by atoms with Gasteiger partial charge in [-0.3, -0.25) is 4.79 Å². The van der Waals surface area contributed by atoms with Gasteiger partial charge in [0.2, 0.25) is 0 Å². The Morgan fingerprint density at radius 1 is 1.43 bits per heavy atom. The predicted octanol–water partition coefficient (Wildman–Crippen LogP) is 3.43. The second kappa shape index (κ2) is 5.85. The molecule has 2 aromatic rings. The van der Waals surface area contributed by atoms with E-state index >= 15 is 0 Å². The molecule has 0 spiro atoms. The standard InChI is InChI=1S/C16H18N2O2S/c1-2-10-5-3-4-6-11(10)9-17-16-18-14-12(15(19)20)7-8-13(14)21-16/h3-6,12H,2,7-9H2,1H3,(H,17,18)(H,19,20). The fraction of sp³-hybridized carbons (Fsp3) is 0.375. The van der Waals surface area contributed by atoms with Crippen LogP contribution in [0.4, 0.5) is 5.13 Å². The minimum absolute atomic E-state index is 0.422. The zero-order valence-electron chi connectivity index (χ0n) is 11.9. The molecular weight excluding hydrogens is 284 g/mol. The Kier molecular flexibility index (Phi) is 3.92. The molecule has 0 aliphatic heterocycles. The van der Waals surface area contributed by atoms with Gasteiger partial charge in [-0.25, -0.2) is 4.98 Å². The second-order valence-electron chi connectivity index (χ2n) is 5.23. The number of anilines is 1. The Labute approximate surface area is 127 Å². The minimum atomic E-state index is -0.762. The number of rotatable bonds is 5. The van der Waals surface area contributed by atoms with Crippen molar-refractivity contribution < 1.29 is 9.90 Å². The van der Waals surface area contributed by atoms with E-state index in [1.54, 1.807) is 11.3 Å². The molecule has 1 heterocycles. The van der Waals surface area contributed by atoms with Gasteiger partial charge in [0.1, 0.15) is 5.92 Å². The number of carboxylic acids is 1. The molecule has 0 fully saturated rings. The van der Waals surface area contributed by atoms with Gasteiger partial charge < -0.3 is 10.4 Å². The lowest BCUT2D eigenvalue weighted by atomic mass is 10.1. The number of hydrogen-bond acceptors (Lipinski definition) is 4. The third kappa shape index (κ3) is 2.78. The lowest BCUT2D eigenvalue weighted by Crippen LogP contribution is -2.09. The fourth-order valence-corrected chi connectivity index (χ4v) is 3.82. The molecule has 5 heteroatoms. The molecule has 1 aromatic carbocycles. The maximum atomic E-state index is 11.2. The van der Waals surface area contributed by atoms with Crippen molar-refractivity contribution in [3.63, 3.8) is 0 Å². The zero-order chi connectivity index (χ0) is 14.8. The van der Waals surface area contributed by atoms with Crippen molar-refractivity contribution in [3.05, 3.63) is 46.0 Å². The van der Waals surface area contributed by atoms with Crippen LogP contribution < -0.4 is 5.32 Å². The van der Waals surface area contributed by atoms with Crippen molar-refractivity contribution in [2.75, 3.05) is 5.32 Å². The number of thiazole rings is 1. The number of aryl methyl sites for hydroxylation is 2. The summed E-state index contributed by atoms with van der Waals surface area (Å²) in [5.74, 6) is -1.18. The van der Waals surface area contributed by atoms with Crippen LogP contribution in [0.15, 0.2) is 24.3 Å². The summed E-state index contributed by atoms with van der Waals surface area (Å²) in [6, 6.07) is 8.35. The highest BCUT2D eigenvalue weighted by atomic mass is 32.1. The Hall–Kier alpha value is -1.88. The summed E-state index contributed by atoms with van der Waals surface area (Å²) in [6.45, 7) is 2.88. The predicted molar refractivity (Wildman–Crippen MR) is 84.0 cm³/mol. The van der Waals surface area contributed by atoms with E-state index < -0.39 is 11.9 Å². The number of aromatic nitrogens is 1. The number of benzene rings is 1. The highest BCUT2D eigenvalue weighted by Crippen LogP contribution is 2.38. The highest BCUT2D eigenvalue weighted by Gasteiger charge is 2.32. The van der Waals surface area contributed by atoms with Crippen molar-refractivity contribution in [1.82, 2.24) is 4.98 Å². The number of nitrogens with one attached hydrogen (secondary N) is 1. The topological polar surface area (TPSA) is 62.2 Å². The number of nitrogens with zero attached hydrogens (tertiary/aromatic N) is 1. The molecule has 0 bridgehead atoms. The third-order valence-corrected chi connectivity index (χ3v) is 5.03. The molecule has 0 saturated carbocycles. The molecule has 2 N–H and O–H groups in total. The van der Waals surface area contributed by atoms with Crippen LogP contribution in [-0.2, 0) is 24.2 Å². The van der Waals surface area contributed by atoms with Gasteiger partial charge in [-0.1, -0.05) is 31.2 Å². The van der Waals surface area contributed by atoms with Gasteiger partial charge in [0.05, 0.1) is 5.69 Å². The molecule has 1 atom stereocenters. The van der Waals surface area contributed by atoms with E-state index in [1.165, 1.54) is 11.1 Å². The lowest BCUT2D eigenvalue weighted by molar-refractivity contribution is -0.138. The number of hydrogen-bond donors (Lipinski definition) is 2. The molecule has 0 amide bonds. The maximum absolute atomic E-state index is 11.2. The van der Waals surface area contributed by atoms with Crippen LogP contribution in [-0.4, -0.2) is 16.1 Å². The van der Waals surface area contributed by atoms with E-state index in [4.69, 9.17) is 0 Å². The molecule has 1 unspecified atom stereocenters. The molecule has 21 heavy (non-hydrogen) atoms. The first kappa shape index (κ1) is 14.1. The quantitative estimate of drug-likeness (QED) is 0.888. The van der Waals surface area contributed by atoms with Crippen molar-refractivity contribution in [2.45, 2.75) is 38.6 Å². The minimum Gasteiger partial charge on any atom is -0.481 e. The molecule has 110 valence electrons.